The summed E-state index contributed by atoms with van der Waals surface area (Å²) in [5, 5.41) is 3.48. The van der Waals surface area contributed by atoms with Gasteiger partial charge in [0.15, 0.2) is 11.2 Å². The summed E-state index contributed by atoms with van der Waals surface area (Å²) in [5.41, 5.74) is 3.34. The lowest BCUT2D eigenvalue weighted by Crippen LogP contribution is -2.51. The molecule has 2 amide bonds. The van der Waals surface area contributed by atoms with Gasteiger partial charge in [-0.05, 0) is 57.0 Å². The number of halogens is 1. The fraction of sp³-hybridized carbons (Fsp3) is 0.250. The number of carbonyl (C=O) groups is 2. The van der Waals surface area contributed by atoms with E-state index in [0.717, 1.165) is 11.1 Å². The minimum atomic E-state index is -1.51. The Bertz CT molecular complexity index is 1660. The predicted octanol–water partition coefficient (Wildman–Crippen LogP) is 5.06. The zero-order valence-electron chi connectivity index (χ0n) is 21.5. The first-order valence-corrected chi connectivity index (χ1v) is 12.6. The molecule has 1 atom stereocenters. The van der Waals surface area contributed by atoms with Crippen LogP contribution in [0.4, 0.5) is 11.4 Å². The summed E-state index contributed by atoms with van der Waals surface area (Å²) < 4.78 is 7.41. The van der Waals surface area contributed by atoms with Gasteiger partial charge in [-0.15, -0.1) is 0 Å². The number of aromatic nitrogens is 4. The summed E-state index contributed by atoms with van der Waals surface area (Å²) in [5.74, 6) is 0.0445. The topological polar surface area (TPSA) is 102 Å². The molecule has 2 aromatic heterocycles. The van der Waals surface area contributed by atoms with Crippen molar-refractivity contribution in [3.8, 4) is 17.3 Å². The van der Waals surface area contributed by atoms with Crippen LogP contribution in [0.5, 0.6) is 5.88 Å². The zero-order chi connectivity index (χ0) is 26.9. The van der Waals surface area contributed by atoms with Gasteiger partial charge in [0.2, 0.25) is 5.88 Å². The number of imidazole rings is 1. The van der Waals surface area contributed by atoms with Crippen LogP contribution >= 0.6 is 11.6 Å². The summed E-state index contributed by atoms with van der Waals surface area (Å²) in [6, 6.07) is 10.9. The molecule has 0 bridgehead atoms. The van der Waals surface area contributed by atoms with E-state index in [1.807, 2.05) is 50.5 Å². The molecule has 4 aromatic rings. The number of amides is 2. The summed E-state index contributed by atoms with van der Waals surface area (Å²) in [4.78, 5) is 43.5. The lowest BCUT2D eigenvalue weighted by Gasteiger charge is -2.36. The van der Waals surface area contributed by atoms with Gasteiger partial charge in [0.25, 0.3) is 11.8 Å². The Morgan fingerprint density at radius 1 is 1.11 bits per heavy atom. The number of nitrogens with one attached hydrogen (secondary N) is 1. The highest BCUT2D eigenvalue weighted by Gasteiger charge is 2.64. The molecule has 9 nitrogen and oxygen atoms in total. The molecule has 2 aliphatic rings. The molecule has 1 spiro atoms. The van der Waals surface area contributed by atoms with Crippen LogP contribution in [0.1, 0.15) is 52.8 Å². The molecule has 6 rings (SSSR count). The zero-order valence-corrected chi connectivity index (χ0v) is 22.3. The quantitative estimate of drug-likeness (QED) is 0.397. The second-order valence-corrected chi connectivity index (χ2v) is 10.3. The lowest BCUT2D eigenvalue weighted by molar-refractivity contribution is -0.119. The van der Waals surface area contributed by atoms with Crippen LogP contribution < -0.4 is 15.0 Å². The predicted molar refractivity (Wildman–Crippen MR) is 144 cm³/mol. The highest BCUT2D eigenvalue weighted by molar-refractivity contribution is 6.31. The molecule has 0 aliphatic carbocycles. The van der Waals surface area contributed by atoms with Gasteiger partial charge in [0.1, 0.15) is 12.2 Å². The number of methoxy groups -OCH3 is 1. The summed E-state index contributed by atoms with van der Waals surface area (Å²) in [6.07, 6.45) is 2.99. The van der Waals surface area contributed by atoms with Crippen molar-refractivity contribution in [2.45, 2.75) is 39.3 Å². The van der Waals surface area contributed by atoms with Crippen molar-refractivity contribution in [1.82, 2.24) is 19.5 Å². The number of ether oxygens (including phenoxy) is 1. The standard InChI is InChI=1S/C28H25ClN6O3/c1-14(2)34-23-22(33-24(34)18-12-30-13-31-25(18)38-5)26(36)35(21-10-15(3)6-7-16(21)4)28(23)19-9-8-17(29)11-20(19)32-27(28)37/h6-14H,1-5H3,(H,32,37). The summed E-state index contributed by atoms with van der Waals surface area (Å²) in [6.45, 7) is 7.85. The maximum Gasteiger partial charge on any atom is 0.280 e. The monoisotopic (exact) mass is 528 g/mol. The van der Waals surface area contributed by atoms with Crippen molar-refractivity contribution < 1.29 is 14.3 Å². The molecule has 38 heavy (non-hydrogen) atoms. The SMILES string of the molecule is COc1ncncc1-c1nc2c(n1C(C)C)C1(C(=O)Nc3cc(Cl)ccc31)N(c1cc(C)ccc1C)C2=O. The Kier molecular flexibility index (Phi) is 5.32. The molecule has 0 fully saturated rings. The number of nitrogens with zero attached hydrogens (tertiary/aromatic N) is 5. The second kappa shape index (κ2) is 8.39. The maximum absolute atomic E-state index is 14.4. The summed E-state index contributed by atoms with van der Waals surface area (Å²) in [7, 11) is 1.52. The highest BCUT2D eigenvalue weighted by atomic mass is 35.5. The first-order valence-electron chi connectivity index (χ1n) is 12.2. The van der Waals surface area contributed by atoms with E-state index in [4.69, 9.17) is 21.3 Å². The van der Waals surface area contributed by atoms with Crippen LogP contribution in [-0.2, 0) is 10.3 Å². The molecule has 1 N–H and O–H groups in total. The molecule has 2 aromatic carbocycles. The molecular formula is C28H25ClN6O3. The van der Waals surface area contributed by atoms with Gasteiger partial charge in [-0.1, -0.05) is 29.8 Å². The molecule has 0 radical (unpaired) electrons. The lowest BCUT2D eigenvalue weighted by atomic mass is 9.86. The van der Waals surface area contributed by atoms with Crippen LogP contribution in [-0.4, -0.2) is 38.4 Å². The first kappa shape index (κ1) is 24.1. The minimum absolute atomic E-state index is 0.182. The van der Waals surface area contributed by atoms with E-state index < -0.39 is 5.54 Å². The third kappa shape index (κ3) is 3.08. The molecule has 0 saturated heterocycles. The number of benzene rings is 2. The summed E-state index contributed by atoms with van der Waals surface area (Å²) >= 11 is 6.32. The fourth-order valence-electron chi connectivity index (χ4n) is 5.60. The molecule has 1 unspecified atom stereocenters. The smallest absolute Gasteiger partial charge is 0.280 e. The van der Waals surface area contributed by atoms with Gasteiger partial charge in [0, 0.05) is 34.2 Å². The van der Waals surface area contributed by atoms with Crippen molar-refractivity contribution in [1.29, 1.82) is 0 Å². The van der Waals surface area contributed by atoms with Gasteiger partial charge in [-0.3, -0.25) is 14.5 Å². The molecule has 2 aliphatic heterocycles. The fourth-order valence-corrected chi connectivity index (χ4v) is 5.77. The molecular weight excluding hydrogens is 504 g/mol. The van der Waals surface area contributed by atoms with E-state index in [1.54, 1.807) is 29.3 Å². The molecule has 0 saturated carbocycles. The number of rotatable bonds is 4. The maximum atomic E-state index is 14.4. The number of anilines is 2. The Morgan fingerprint density at radius 2 is 1.89 bits per heavy atom. The van der Waals surface area contributed by atoms with Gasteiger partial charge in [0.05, 0.1) is 18.4 Å². The largest absolute Gasteiger partial charge is 0.480 e. The molecule has 192 valence electrons. The van der Waals surface area contributed by atoms with E-state index in [0.29, 0.717) is 44.9 Å². The van der Waals surface area contributed by atoms with Gasteiger partial charge in [-0.25, -0.2) is 15.0 Å². The van der Waals surface area contributed by atoms with E-state index in [-0.39, 0.29) is 23.6 Å². The van der Waals surface area contributed by atoms with Crippen LogP contribution in [0.25, 0.3) is 11.4 Å². The third-order valence-electron chi connectivity index (χ3n) is 7.17. The van der Waals surface area contributed by atoms with Crippen molar-refractivity contribution in [3.05, 3.63) is 82.0 Å². The minimum Gasteiger partial charge on any atom is -0.480 e. The van der Waals surface area contributed by atoms with Gasteiger partial charge >= 0.3 is 0 Å². The third-order valence-corrected chi connectivity index (χ3v) is 7.41. The van der Waals surface area contributed by atoms with Gasteiger partial charge in [-0.2, -0.15) is 0 Å². The average Bonchev–Trinajstić information content (AvgIpc) is 3.49. The number of hydrogen-bond donors (Lipinski definition) is 1. The average molecular weight is 529 g/mol. The number of fused-ring (bicyclic) bond motifs is 4. The van der Waals surface area contributed by atoms with Gasteiger partial charge < -0.3 is 14.6 Å². The molecule has 4 heterocycles. The number of carbonyl (C=O) groups excluding carboxylic acids is 2. The Hall–Kier alpha value is -4.24. The van der Waals surface area contributed by atoms with Crippen LogP contribution in [0.3, 0.4) is 0 Å². The van der Waals surface area contributed by atoms with E-state index in [2.05, 4.69) is 15.3 Å². The number of aryl methyl sites for hydroxylation is 2. The molecule has 10 heteroatoms. The Morgan fingerprint density at radius 3 is 2.63 bits per heavy atom. The van der Waals surface area contributed by atoms with E-state index >= 15 is 0 Å². The normalized spacial score (nSPS) is 17.8. The Labute approximate surface area is 224 Å². The van der Waals surface area contributed by atoms with E-state index in [1.165, 1.54) is 13.4 Å². The van der Waals surface area contributed by atoms with Crippen molar-refractivity contribution in [2.24, 2.45) is 0 Å². The van der Waals surface area contributed by atoms with Crippen molar-refractivity contribution in [2.75, 3.05) is 17.3 Å². The second-order valence-electron chi connectivity index (χ2n) is 9.83. The Balaban J connectivity index is 1.75. The van der Waals surface area contributed by atoms with Crippen molar-refractivity contribution in [3.63, 3.8) is 0 Å². The van der Waals surface area contributed by atoms with Crippen LogP contribution in [0, 0.1) is 13.8 Å². The van der Waals surface area contributed by atoms with E-state index in [9.17, 15) is 9.59 Å². The highest BCUT2D eigenvalue weighted by Crippen LogP contribution is 2.55. The van der Waals surface area contributed by atoms with Crippen molar-refractivity contribution >= 4 is 34.8 Å². The van der Waals surface area contributed by atoms with Crippen LogP contribution in [0.15, 0.2) is 48.9 Å². The number of hydrogen-bond acceptors (Lipinski definition) is 6. The first-order chi connectivity index (χ1) is 18.2. The van der Waals surface area contributed by atoms with Crippen LogP contribution in [0.2, 0.25) is 5.02 Å².